The van der Waals surface area contributed by atoms with Crippen molar-refractivity contribution in [2.45, 2.75) is 30.9 Å². The van der Waals surface area contributed by atoms with Crippen LogP contribution in [-0.4, -0.2) is 31.4 Å². The van der Waals surface area contributed by atoms with E-state index in [-0.39, 0.29) is 5.91 Å². The summed E-state index contributed by atoms with van der Waals surface area (Å²) >= 11 is 1.86. The van der Waals surface area contributed by atoms with Crippen LogP contribution in [0.1, 0.15) is 29.5 Å². The Morgan fingerprint density at radius 1 is 1.08 bits per heavy atom. The van der Waals surface area contributed by atoms with Gasteiger partial charge in [0.05, 0.1) is 5.41 Å². The van der Waals surface area contributed by atoms with Gasteiger partial charge in [0.25, 0.3) is 0 Å². The number of carbonyl (C=O) groups excluding carboxylic acids is 1. The predicted octanol–water partition coefficient (Wildman–Crippen LogP) is 4.09. The highest BCUT2D eigenvalue weighted by Gasteiger charge is 2.41. The number of ether oxygens (including phenoxy) is 1. The van der Waals surface area contributed by atoms with Crippen LogP contribution in [-0.2, 0) is 20.7 Å². The van der Waals surface area contributed by atoms with Crippen LogP contribution < -0.4 is 5.32 Å². The van der Waals surface area contributed by atoms with Gasteiger partial charge >= 0.3 is 0 Å². The molecule has 26 heavy (non-hydrogen) atoms. The van der Waals surface area contributed by atoms with Crippen LogP contribution >= 0.6 is 11.8 Å². The first-order valence-electron chi connectivity index (χ1n) is 9.26. The van der Waals surface area contributed by atoms with Crippen molar-refractivity contribution in [3.05, 3.63) is 71.3 Å². The standard InChI is InChI=1S/C22H27NO2S/c1-18-7-9-19(10-8-18)17-26-16-13-23-21(24)22(11-14-25-15-12-22)20-5-3-2-4-6-20/h2-10H,11-17H2,1H3,(H,23,24). The number of hydrogen-bond acceptors (Lipinski definition) is 3. The fourth-order valence-electron chi connectivity index (χ4n) is 3.40. The average Bonchev–Trinajstić information content (AvgIpc) is 2.70. The zero-order chi connectivity index (χ0) is 18.2. The minimum absolute atomic E-state index is 0.142. The summed E-state index contributed by atoms with van der Waals surface area (Å²) < 4.78 is 5.51. The Morgan fingerprint density at radius 2 is 1.77 bits per heavy atom. The van der Waals surface area contributed by atoms with Gasteiger partial charge in [0.1, 0.15) is 0 Å². The Hall–Kier alpha value is -1.78. The zero-order valence-corrected chi connectivity index (χ0v) is 16.2. The minimum Gasteiger partial charge on any atom is -0.381 e. The summed E-state index contributed by atoms with van der Waals surface area (Å²) in [6.45, 7) is 4.09. The van der Waals surface area contributed by atoms with Gasteiger partial charge in [-0.1, -0.05) is 60.2 Å². The Balaban J connectivity index is 1.51. The lowest BCUT2D eigenvalue weighted by Crippen LogP contribution is -2.48. The predicted molar refractivity (Wildman–Crippen MR) is 109 cm³/mol. The summed E-state index contributed by atoms with van der Waals surface area (Å²) in [5.74, 6) is 2.04. The van der Waals surface area contributed by atoms with Gasteiger partial charge in [-0.3, -0.25) is 4.79 Å². The van der Waals surface area contributed by atoms with Crippen LogP contribution in [0.15, 0.2) is 54.6 Å². The molecule has 0 aliphatic carbocycles. The molecule has 0 aromatic heterocycles. The monoisotopic (exact) mass is 369 g/mol. The number of rotatable bonds is 7. The fourth-order valence-corrected chi connectivity index (χ4v) is 4.22. The molecular weight excluding hydrogens is 342 g/mol. The van der Waals surface area contributed by atoms with Gasteiger partial charge in [0.2, 0.25) is 5.91 Å². The van der Waals surface area contributed by atoms with E-state index in [0.29, 0.717) is 19.8 Å². The second kappa shape index (κ2) is 9.24. The Labute approximate surface area is 160 Å². The fraction of sp³-hybridized carbons (Fsp3) is 0.409. The molecule has 3 rings (SSSR count). The van der Waals surface area contributed by atoms with Crippen molar-refractivity contribution >= 4 is 17.7 Å². The molecule has 1 saturated heterocycles. The summed E-state index contributed by atoms with van der Waals surface area (Å²) in [5.41, 5.74) is 3.28. The van der Waals surface area contributed by atoms with E-state index in [1.165, 1.54) is 11.1 Å². The molecule has 2 aromatic carbocycles. The van der Waals surface area contributed by atoms with Crippen molar-refractivity contribution in [2.24, 2.45) is 0 Å². The molecule has 0 radical (unpaired) electrons. The molecule has 1 N–H and O–H groups in total. The average molecular weight is 370 g/mol. The third-order valence-electron chi connectivity index (χ3n) is 5.03. The molecule has 1 amide bonds. The van der Waals surface area contributed by atoms with Crippen LogP contribution in [0.5, 0.6) is 0 Å². The highest BCUT2D eigenvalue weighted by atomic mass is 32.2. The lowest BCUT2D eigenvalue weighted by Gasteiger charge is -2.36. The molecule has 138 valence electrons. The molecule has 0 unspecified atom stereocenters. The maximum absolute atomic E-state index is 13.0. The van der Waals surface area contributed by atoms with E-state index in [0.717, 1.165) is 29.9 Å². The maximum Gasteiger partial charge on any atom is 0.230 e. The molecule has 0 saturated carbocycles. The van der Waals surface area contributed by atoms with Crippen molar-refractivity contribution < 1.29 is 9.53 Å². The van der Waals surface area contributed by atoms with E-state index in [4.69, 9.17) is 4.74 Å². The van der Waals surface area contributed by atoms with Crippen LogP contribution in [0, 0.1) is 6.92 Å². The topological polar surface area (TPSA) is 38.3 Å². The summed E-state index contributed by atoms with van der Waals surface area (Å²) in [6, 6.07) is 18.8. The minimum atomic E-state index is -0.443. The van der Waals surface area contributed by atoms with Crippen LogP contribution in [0.3, 0.4) is 0 Å². The summed E-state index contributed by atoms with van der Waals surface area (Å²) in [4.78, 5) is 13.0. The summed E-state index contributed by atoms with van der Waals surface area (Å²) in [7, 11) is 0. The molecule has 0 bridgehead atoms. The smallest absolute Gasteiger partial charge is 0.230 e. The third-order valence-corrected chi connectivity index (χ3v) is 6.06. The van der Waals surface area contributed by atoms with Crippen molar-refractivity contribution in [1.29, 1.82) is 0 Å². The molecule has 4 heteroatoms. The summed E-state index contributed by atoms with van der Waals surface area (Å²) in [5, 5.41) is 3.17. The van der Waals surface area contributed by atoms with E-state index >= 15 is 0 Å². The molecule has 1 fully saturated rings. The largest absolute Gasteiger partial charge is 0.381 e. The molecule has 1 aliphatic rings. The van der Waals surface area contributed by atoms with E-state index < -0.39 is 5.41 Å². The number of aryl methyl sites for hydroxylation is 1. The van der Waals surface area contributed by atoms with Crippen molar-refractivity contribution in [2.75, 3.05) is 25.5 Å². The number of amides is 1. The van der Waals surface area contributed by atoms with Gasteiger partial charge in [0.15, 0.2) is 0 Å². The van der Waals surface area contributed by atoms with E-state index in [1.807, 2.05) is 30.0 Å². The first kappa shape index (κ1) is 19.0. The van der Waals surface area contributed by atoms with Crippen LogP contribution in [0.2, 0.25) is 0 Å². The zero-order valence-electron chi connectivity index (χ0n) is 15.4. The SMILES string of the molecule is Cc1ccc(CSCCNC(=O)C2(c3ccccc3)CCOCC2)cc1. The molecule has 1 aliphatic heterocycles. The molecular formula is C22H27NO2S. The number of carbonyl (C=O) groups is 1. The molecule has 1 heterocycles. The lowest BCUT2D eigenvalue weighted by molar-refractivity contribution is -0.130. The van der Waals surface area contributed by atoms with Gasteiger partial charge in [-0.05, 0) is 30.9 Å². The van der Waals surface area contributed by atoms with Gasteiger partial charge in [-0.25, -0.2) is 0 Å². The number of benzene rings is 2. The van der Waals surface area contributed by atoms with Crippen LogP contribution in [0.4, 0.5) is 0 Å². The first-order valence-corrected chi connectivity index (χ1v) is 10.4. The van der Waals surface area contributed by atoms with E-state index in [9.17, 15) is 4.79 Å². The van der Waals surface area contributed by atoms with Crippen molar-refractivity contribution in [1.82, 2.24) is 5.32 Å². The molecule has 0 spiro atoms. The molecule has 3 nitrogen and oxygen atoms in total. The van der Waals surface area contributed by atoms with Crippen molar-refractivity contribution in [3.8, 4) is 0 Å². The number of nitrogens with one attached hydrogen (secondary N) is 1. The third kappa shape index (κ3) is 4.68. The first-order chi connectivity index (χ1) is 12.7. The van der Waals surface area contributed by atoms with E-state index in [2.05, 4.69) is 48.6 Å². The van der Waals surface area contributed by atoms with Gasteiger partial charge in [-0.15, -0.1) is 0 Å². The van der Waals surface area contributed by atoms with Gasteiger partial charge in [0, 0.05) is 31.3 Å². The number of thioether (sulfide) groups is 1. The molecule has 0 atom stereocenters. The Morgan fingerprint density at radius 3 is 2.46 bits per heavy atom. The second-order valence-corrected chi connectivity index (χ2v) is 7.96. The Kier molecular flexibility index (Phi) is 6.75. The summed E-state index contributed by atoms with van der Waals surface area (Å²) in [6.07, 6.45) is 1.50. The highest BCUT2D eigenvalue weighted by molar-refractivity contribution is 7.98. The Bertz CT molecular complexity index is 694. The number of hydrogen-bond donors (Lipinski definition) is 1. The maximum atomic E-state index is 13.0. The quantitative estimate of drug-likeness (QED) is 0.747. The van der Waals surface area contributed by atoms with E-state index in [1.54, 1.807) is 0 Å². The lowest BCUT2D eigenvalue weighted by atomic mass is 9.73. The van der Waals surface area contributed by atoms with Gasteiger partial charge in [-0.2, -0.15) is 11.8 Å². The highest BCUT2D eigenvalue weighted by Crippen LogP contribution is 2.35. The second-order valence-electron chi connectivity index (χ2n) is 6.85. The van der Waals surface area contributed by atoms with Crippen LogP contribution in [0.25, 0.3) is 0 Å². The molecule has 2 aromatic rings. The normalized spacial score (nSPS) is 16.2. The van der Waals surface area contributed by atoms with Crippen molar-refractivity contribution in [3.63, 3.8) is 0 Å². The van der Waals surface area contributed by atoms with Gasteiger partial charge < -0.3 is 10.1 Å².